The number of amides is 1. The predicted octanol–water partition coefficient (Wildman–Crippen LogP) is 4.63. The molecule has 1 aromatic heterocycles. The van der Waals surface area contributed by atoms with Crippen LogP contribution in [0.3, 0.4) is 0 Å². The lowest BCUT2D eigenvalue weighted by Gasteiger charge is -2.11. The summed E-state index contributed by atoms with van der Waals surface area (Å²) < 4.78 is 51.8. The molecule has 134 valence electrons. The molecule has 26 heavy (non-hydrogen) atoms. The number of hydrogen-bond donors (Lipinski definition) is 1. The van der Waals surface area contributed by atoms with Crippen LogP contribution in [0.25, 0.3) is 10.9 Å². The van der Waals surface area contributed by atoms with E-state index < -0.39 is 23.5 Å². The highest BCUT2D eigenvalue weighted by atomic mass is 19.4. The molecule has 3 nitrogen and oxygen atoms in total. The molecule has 0 saturated heterocycles. The Balaban J connectivity index is 1.85. The summed E-state index contributed by atoms with van der Waals surface area (Å²) in [6.45, 7) is 1.62. The van der Waals surface area contributed by atoms with Crippen LogP contribution in [0.15, 0.2) is 48.5 Å². The number of carbonyl (C=O) groups is 1. The van der Waals surface area contributed by atoms with Crippen molar-refractivity contribution < 1.29 is 22.4 Å². The maximum absolute atomic E-state index is 13.5. The van der Waals surface area contributed by atoms with Crippen LogP contribution in [0.2, 0.25) is 0 Å². The Morgan fingerprint density at radius 1 is 1.12 bits per heavy atom. The van der Waals surface area contributed by atoms with Crippen LogP contribution in [-0.4, -0.2) is 10.9 Å². The van der Waals surface area contributed by atoms with E-state index in [1.807, 2.05) is 0 Å². The molecule has 1 N–H and O–H groups in total. The van der Waals surface area contributed by atoms with Gasteiger partial charge in [0.25, 0.3) is 5.91 Å². The number of aryl methyl sites for hydroxylation is 1. The zero-order valence-electron chi connectivity index (χ0n) is 13.7. The maximum Gasteiger partial charge on any atom is 0.416 e. The second kappa shape index (κ2) is 6.74. The molecule has 0 unspecified atom stereocenters. The first-order valence-electron chi connectivity index (χ1n) is 7.75. The SMILES string of the molecule is Cc1cc(C(=O)NCc2cccc(C(F)(F)F)c2)c2cc(F)ccc2n1. The van der Waals surface area contributed by atoms with Crippen molar-refractivity contribution in [1.29, 1.82) is 0 Å². The zero-order chi connectivity index (χ0) is 18.9. The highest BCUT2D eigenvalue weighted by Gasteiger charge is 2.30. The van der Waals surface area contributed by atoms with Crippen molar-refractivity contribution in [3.05, 3.63) is 76.7 Å². The normalized spacial score (nSPS) is 11.6. The Bertz CT molecular complexity index is 983. The Kier molecular flexibility index (Phi) is 4.63. The van der Waals surface area contributed by atoms with Gasteiger partial charge in [0.2, 0.25) is 0 Å². The molecular formula is C19H14F4N2O. The average Bonchev–Trinajstić information content (AvgIpc) is 2.59. The van der Waals surface area contributed by atoms with Crippen molar-refractivity contribution in [2.45, 2.75) is 19.6 Å². The van der Waals surface area contributed by atoms with Crippen molar-refractivity contribution in [1.82, 2.24) is 10.3 Å². The standard InChI is InChI=1S/C19H14F4N2O/c1-11-7-16(15-9-14(20)5-6-17(15)25-11)18(26)24-10-12-3-2-4-13(8-12)19(21,22)23/h2-9H,10H2,1H3,(H,24,26). The summed E-state index contributed by atoms with van der Waals surface area (Å²) in [5, 5.41) is 2.92. The van der Waals surface area contributed by atoms with E-state index in [0.29, 0.717) is 22.2 Å². The largest absolute Gasteiger partial charge is 0.416 e. The third-order valence-corrected chi connectivity index (χ3v) is 3.85. The van der Waals surface area contributed by atoms with Crippen LogP contribution in [-0.2, 0) is 12.7 Å². The van der Waals surface area contributed by atoms with Gasteiger partial charge in [-0.15, -0.1) is 0 Å². The van der Waals surface area contributed by atoms with Gasteiger partial charge in [-0.25, -0.2) is 4.39 Å². The minimum absolute atomic E-state index is 0.0824. The van der Waals surface area contributed by atoms with Gasteiger partial charge < -0.3 is 5.32 Å². The molecule has 0 bridgehead atoms. The van der Waals surface area contributed by atoms with Gasteiger partial charge in [0.05, 0.1) is 16.6 Å². The molecule has 0 spiro atoms. The minimum atomic E-state index is -4.45. The van der Waals surface area contributed by atoms with Crippen LogP contribution in [0, 0.1) is 12.7 Å². The lowest BCUT2D eigenvalue weighted by Crippen LogP contribution is -2.23. The summed E-state index contributed by atoms with van der Waals surface area (Å²) in [4.78, 5) is 16.7. The summed E-state index contributed by atoms with van der Waals surface area (Å²) in [5.41, 5.74) is 0.800. The molecule has 0 saturated carbocycles. The number of benzene rings is 2. The molecule has 0 aliphatic rings. The third-order valence-electron chi connectivity index (χ3n) is 3.85. The first kappa shape index (κ1) is 17.8. The van der Waals surface area contributed by atoms with E-state index in [9.17, 15) is 22.4 Å². The zero-order valence-corrected chi connectivity index (χ0v) is 13.7. The van der Waals surface area contributed by atoms with Gasteiger partial charge in [-0.05, 0) is 48.9 Å². The smallest absolute Gasteiger partial charge is 0.348 e. The lowest BCUT2D eigenvalue weighted by molar-refractivity contribution is -0.137. The van der Waals surface area contributed by atoms with E-state index >= 15 is 0 Å². The van der Waals surface area contributed by atoms with Gasteiger partial charge >= 0.3 is 6.18 Å². The molecule has 7 heteroatoms. The number of fused-ring (bicyclic) bond motifs is 1. The summed E-state index contributed by atoms with van der Waals surface area (Å²) in [7, 11) is 0. The Hall–Kier alpha value is -2.96. The molecule has 0 atom stereocenters. The van der Waals surface area contributed by atoms with Crippen molar-refractivity contribution in [2.75, 3.05) is 0 Å². The molecule has 3 aromatic rings. The van der Waals surface area contributed by atoms with Gasteiger partial charge in [0, 0.05) is 17.6 Å². The van der Waals surface area contributed by atoms with E-state index in [1.165, 1.54) is 36.4 Å². The Labute approximate surface area is 146 Å². The summed E-state index contributed by atoms with van der Waals surface area (Å²) in [6, 6.07) is 10.2. The fourth-order valence-corrected chi connectivity index (χ4v) is 2.65. The summed E-state index contributed by atoms with van der Waals surface area (Å²) in [6.07, 6.45) is -4.45. The second-order valence-corrected chi connectivity index (χ2v) is 5.85. The summed E-state index contributed by atoms with van der Waals surface area (Å²) >= 11 is 0. The molecule has 0 radical (unpaired) electrons. The monoisotopic (exact) mass is 362 g/mol. The van der Waals surface area contributed by atoms with E-state index in [0.717, 1.165) is 12.1 Å². The van der Waals surface area contributed by atoms with Crippen molar-refractivity contribution in [3.63, 3.8) is 0 Å². The van der Waals surface area contributed by atoms with Gasteiger partial charge in [0.15, 0.2) is 0 Å². The number of aromatic nitrogens is 1. The van der Waals surface area contributed by atoms with Crippen LogP contribution in [0.5, 0.6) is 0 Å². The first-order valence-corrected chi connectivity index (χ1v) is 7.75. The molecule has 0 fully saturated rings. The number of hydrogen-bond acceptors (Lipinski definition) is 2. The molecule has 1 amide bonds. The number of nitrogens with zero attached hydrogens (tertiary/aromatic N) is 1. The predicted molar refractivity (Wildman–Crippen MR) is 89.1 cm³/mol. The van der Waals surface area contributed by atoms with E-state index in [4.69, 9.17) is 0 Å². The molecule has 2 aromatic carbocycles. The maximum atomic E-state index is 13.5. The quantitative estimate of drug-likeness (QED) is 0.690. The van der Waals surface area contributed by atoms with E-state index in [1.54, 1.807) is 6.92 Å². The number of nitrogens with one attached hydrogen (secondary N) is 1. The Morgan fingerprint density at radius 3 is 2.62 bits per heavy atom. The Morgan fingerprint density at radius 2 is 1.88 bits per heavy atom. The number of carbonyl (C=O) groups excluding carboxylic acids is 1. The number of halogens is 4. The van der Waals surface area contributed by atoms with Crippen LogP contribution in [0.4, 0.5) is 17.6 Å². The number of alkyl halides is 3. The van der Waals surface area contributed by atoms with Crippen molar-refractivity contribution >= 4 is 16.8 Å². The topological polar surface area (TPSA) is 42.0 Å². The highest BCUT2D eigenvalue weighted by Crippen LogP contribution is 2.29. The minimum Gasteiger partial charge on any atom is -0.348 e. The highest BCUT2D eigenvalue weighted by molar-refractivity contribution is 6.06. The van der Waals surface area contributed by atoms with Gasteiger partial charge in [-0.2, -0.15) is 13.2 Å². The molecule has 1 heterocycles. The number of pyridine rings is 1. The van der Waals surface area contributed by atoms with Crippen molar-refractivity contribution in [2.24, 2.45) is 0 Å². The summed E-state index contributed by atoms with van der Waals surface area (Å²) in [5.74, 6) is -1.02. The molecule has 0 aliphatic carbocycles. The lowest BCUT2D eigenvalue weighted by atomic mass is 10.1. The molecular weight excluding hydrogens is 348 g/mol. The third kappa shape index (κ3) is 3.82. The van der Waals surface area contributed by atoms with E-state index in [-0.39, 0.29) is 12.1 Å². The van der Waals surface area contributed by atoms with Crippen LogP contribution >= 0.6 is 0 Å². The molecule has 0 aliphatic heterocycles. The molecule has 3 rings (SSSR count). The average molecular weight is 362 g/mol. The van der Waals surface area contributed by atoms with Gasteiger partial charge in [-0.3, -0.25) is 9.78 Å². The van der Waals surface area contributed by atoms with E-state index in [2.05, 4.69) is 10.3 Å². The first-order chi connectivity index (χ1) is 12.2. The van der Waals surface area contributed by atoms with Crippen LogP contribution < -0.4 is 5.32 Å². The van der Waals surface area contributed by atoms with Gasteiger partial charge in [0.1, 0.15) is 5.82 Å². The van der Waals surface area contributed by atoms with Gasteiger partial charge in [-0.1, -0.05) is 12.1 Å². The van der Waals surface area contributed by atoms with Crippen molar-refractivity contribution in [3.8, 4) is 0 Å². The fourth-order valence-electron chi connectivity index (χ4n) is 2.65. The number of rotatable bonds is 3. The van der Waals surface area contributed by atoms with Crippen LogP contribution in [0.1, 0.15) is 27.2 Å². The fraction of sp³-hybridized carbons (Fsp3) is 0.158. The second-order valence-electron chi connectivity index (χ2n) is 5.85.